The largest absolute Gasteiger partial charge is 0.505 e. The van der Waals surface area contributed by atoms with Crippen molar-refractivity contribution in [3.8, 4) is 5.75 Å². The molecule has 0 saturated carbocycles. The van der Waals surface area contributed by atoms with Crippen LogP contribution in [-0.4, -0.2) is 10.6 Å². The van der Waals surface area contributed by atoms with Gasteiger partial charge in [0.2, 0.25) is 0 Å². The van der Waals surface area contributed by atoms with Crippen molar-refractivity contribution in [2.24, 2.45) is 5.73 Å². The molecule has 3 heteroatoms. The second kappa shape index (κ2) is 3.58. The zero-order valence-corrected chi connectivity index (χ0v) is 8.76. The van der Waals surface area contributed by atoms with Crippen molar-refractivity contribution in [2.75, 3.05) is 0 Å². The lowest BCUT2D eigenvalue weighted by atomic mass is 9.93. The third-order valence-electron chi connectivity index (χ3n) is 2.05. The molecular weight excluding hydrogens is 181 g/mol. The van der Waals surface area contributed by atoms with Gasteiger partial charge in [-0.1, -0.05) is 0 Å². The summed E-state index contributed by atoms with van der Waals surface area (Å²) in [4.78, 5) is 0. The van der Waals surface area contributed by atoms with Crippen molar-refractivity contribution in [3.05, 3.63) is 29.1 Å². The summed E-state index contributed by atoms with van der Waals surface area (Å²) in [6.07, 6.45) is 0.593. The van der Waals surface area contributed by atoms with Crippen molar-refractivity contribution >= 4 is 0 Å². The fourth-order valence-corrected chi connectivity index (χ4v) is 1.39. The summed E-state index contributed by atoms with van der Waals surface area (Å²) < 4.78 is 13.0. The Morgan fingerprint density at radius 2 is 2.00 bits per heavy atom. The minimum absolute atomic E-state index is 0.305. The Hall–Kier alpha value is -1.09. The molecule has 0 saturated heterocycles. The number of halogens is 1. The molecule has 0 aliphatic rings. The molecule has 0 atom stereocenters. The van der Waals surface area contributed by atoms with Gasteiger partial charge in [0, 0.05) is 5.54 Å². The minimum atomic E-state index is -0.588. The highest BCUT2D eigenvalue weighted by Crippen LogP contribution is 2.22. The maximum Gasteiger partial charge on any atom is 0.165 e. The van der Waals surface area contributed by atoms with Gasteiger partial charge < -0.3 is 10.8 Å². The number of phenolic OH excluding ortho intramolecular Hbond substituents is 1. The van der Waals surface area contributed by atoms with E-state index in [0.29, 0.717) is 6.42 Å². The Kier molecular flexibility index (Phi) is 2.81. The molecule has 0 aromatic heterocycles. The van der Waals surface area contributed by atoms with Gasteiger partial charge in [-0.15, -0.1) is 0 Å². The van der Waals surface area contributed by atoms with Crippen LogP contribution >= 0.6 is 0 Å². The maximum atomic E-state index is 13.0. The number of phenols is 1. The Labute approximate surface area is 83.6 Å². The van der Waals surface area contributed by atoms with Gasteiger partial charge in [0.15, 0.2) is 11.6 Å². The van der Waals surface area contributed by atoms with Crippen LogP contribution in [0.1, 0.15) is 25.0 Å². The number of aryl methyl sites for hydroxylation is 1. The first-order valence-electron chi connectivity index (χ1n) is 4.56. The summed E-state index contributed by atoms with van der Waals surface area (Å²) in [5, 5.41) is 9.12. The lowest BCUT2D eigenvalue weighted by Gasteiger charge is -2.19. The van der Waals surface area contributed by atoms with E-state index in [1.807, 2.05) is 20.8 Å². The van der Waals surface area contributed by atoms with E-state index in [-0.39, 0.29) is 11.3 Å². The molecule has 1 aromatic carbocycles. The number of nitrogens with two attached hydrogens (primary N) is 1. The molecule has 0 amide bonds. The van der Waals surface area contributed by atoms with Crippen LogP contribution in [0.3, 0.4) is 0 Å². The Bertz CT molecular complexity index is 342. The first kappa shape index (κ1) is 11.0. The summed E-state index contributed by atoms with van der Waals surface area (Å²) >= 11 is 0. The molecule has 0 spiro atoms. The summed E-state index contributed by atoms with van der Waals surface area (Å²) in [6.45, 7) is 5.61. The average molecular weight is 197 g/mol. The first-order valence-corrected chi connectivity index (χ1v) is 4.56. The van der Waals surface area contributed by atoms with Gasteiger partial charge in [-0.3, -0.25) is 0 Å². The van der Waals surface area contributed by atoms with E-state index in [0.717, 1.165) is 11.1 Å². The second-order valence-corrected chi connectivity index (χ2v) is 4.40. The van der Waals surface area contributed by atoms with E-state index < -0.39 is 5.82 Å². The van der Waals surface area contributed by atoms with Crippen molar-refractivity contribution in [1.29, 1.82) is 0 Å². The highest BCUT2D eigenvalue weighted by atomic mass is 19.1. The number of rotatable bonds is 2. The number of hydrogen-bond donors (Lipinski definition) is 2. The zero-order chi connectivity index (χ0) is 10.9. The summed E-state index contributed by atoms with van der Waals surface area (Å²) in [5.74, 6) is -0.893. The lowest BCUT2D eigenvalue weighted by molar-refractivity contribution is 0.429. The van der Waals surface area contributed by atoms with Crippen molar-refractivity contribution in [2.45, 2.75) is 32.7 Å². The SMILES string of the molecule is Cc1cc(O)c(F)cc1CC(C)(C)N. The van der Waals surface area contributed by atoms with Gasteiger partial charge in [0.25, 0.3) is 0 Å². The molecule has 0 radical (unpaired) electrons. The van der Waals surface area contributed by atoms with Crippen LogP contribution in [0.4, 0.5) is 4.39 Å². The molecule has 78 valence electrons. The van der Waals surface area contributed by atoms with Crippen LogP contribution in [0, 0.1) is 12.7 Å². The lowest BCUT2D eigenvalue weighted by Crippen LogP contribution is -2.34. The summed E-state index contributed by atoms with van der Waals surface area (Å²) in [5.41, 5.74) is 7.18. The van der Waals surface area contributed by atoms with E-state index in [4.69, 9.17) is 10.8 Å². The Balaban J connectivity index is 3.04. The predicted octanol–water partition coefficient (Wildman–Crippen LogP) is 2.12. The Morgan fingerprint density at radius 1 is 1.43 bits per heavy atom. The first-order chi connectivity index (χ1) is 6.29. The smallest absolute Gasteiger partial charge is 0.165 e. The van der Waals surface area contributed by atoms with E-state index in [1.54, 1.807) is 0 Å². The highest BCUT2D eigenvalue weighted by Gasteiger charge is 2.15. The van der Waals surface area contributed by atoms with Gasteiger partial charge in [0.1, 0.15) is 0 Å². The molecule has 0 fully saturated rings. The topological polar surface area (TPSA) is 46.2 Å². The molecule has 1 aromatic rings. The van der Waals surface area contributed by atoms with Gasteiger partial charge in [-0.25, -0.2) is 4.39 Å². The maximum absolute atomic E-state index is 13.0. The number of aromatic hydroxyl groups is 1. The van der Waals surface area contributed by atoms with E-state index in [9.17, 15) is 4.39 Å². The van der Waals surface area contributed by atoms with Crippen LogP contribution in [0.25, 0.3) is 0 Å². The monoisotopic (exact) mass is 197 g/mol. The third kappa shape index (κ3) is 2.70. The molecular formula is C11H16FNO. The molecule has 3 N–H and O–H groups in total. The molecule has 0 unspecified atom stereocenters. The molecule has 14 heavy (non-hydrogen) atoms. The van der Waals surface area contributed by atoms with E-state index in [1.165, 1.54) is 12.1 Å². The van der Waals surface area contributed by atoms with Crippen molar-refractivity contribution in [3.63, 3.8) is 0 Å². The standard InChI is InChI=1S/C11H16FNO/c1-7-4-10(14)9(12)5-8(7)6-11(2,3)13/h4-5,14H,6,13H2,1-3H3. The highest BCUT2D eigenvalue weighted by molar-refractivity contribution is 5.36. The third-order valence-corrected chi connectivity index (χ3v) is 2.05. The van der Waals surface area contributed by atoms with Crippen molar-refractivity contribution in [1.82, 2.24) is 0 Å². The van der Waals surface area contributed by atoms with Crippen LogP contribution in [0.2, 0.25) is 0 Å². The van der Waals surface area contributed by atoms with Gasteiger partial charge in [0.05, 0.1) is 0 Å². The van der Waals surface area contributed by atoms with Gasteiger partial charge in [-0.2, -0.15) is 0 Å². The summed E-state index contributed by atoms with van der Waals surface area (Å²) in [7, 11) is 0. The normalized spacial score (nSPS) is 11.8. The van der Waals surface area contributed by atoms with E-state index >= 15 is 0 Å². The van der Waals surface area contributed by atoms with Gasteiger partial charge in [-0.05, 0) is 50.5 Å². The molecule has 1 rings (SSSR count). The Morgan fingerprint density at radius 3 is 2.50 bits per heavy atom. The van der Waals surface area contributed by atoms with Crippen LogP contribution < -0.4 is 5.73 Å². The molecule has 0 aliphatic carbocycles. The van der Waals surface area contributed by atoms with Crippen LogP contribution in [0.15, 0.2) is 12.1 Å². The fraction of sp³-hybridized carbons (Fsp3) is 0.455. The van der Waals surface area contributed by atoms with Crippen molar-refractivity contribution < 1.29 is 9.50 Å². The predicted molar refractivity (Wildman–Crippen MR) is 54.8 cm³/mol. The minimum Gasteiger partial charge on any atom is -0.505 e. The zero-order valence-electron chi connectivity index (χ0n) is 8.76. The number of benzene rings is 1. The average Bonchev–Trinajstić information content (AvgIpc) is 1.97. The van der Waals surface area contributed by atoms with Crippen LogP contribution in [-0.2, 0) is 6.42 Å². The number of hydrogen-bond acceptors (Lipinski definition) is 2. The van der Waals surface area contributed by atoms with Gasteiger partial charge >= 0.3 is 0 Å². The second-order valence-electron chi connectivity index (χ2n) is 4.40. The van der Waals surface area contributed by atoms with E-state index in [2.05, 4.69) is 0 Å². The molecule has 0 bridgehead atoms. The molecule has 2 nitrogen and oxygen atoms in total. The quantitative estimate of drug-likeness (QED) is 0.762. The fourth-order valence-electron chi connectivity index (χ4n) is 1.39. The molecule has 0 aliphatic heterocycles. The summed E-state index contributed by atoms with van der Waals surface area (Å²) in [6, 6.07) is 2.77. The molecule has 0 heterocycles. The van der Waals surface area contributed by atoms with Crippen LogP contribution in [0.5, 0.6) is 5.75 Å².